The fraction of sp³-hybridized carbons (Fsp3) is 0.263. The molecular formula is C38H38N6O2S2. The lowest BCUT2D eigenvalue weighted by Crippen LogP contribution is -2.55. The first kappa shape index (κ1) is 32.3. The molecule has 3 aliphatic heterocycles. The number of thioether (sulfide) groups is 2. The van der Waals surface area contributed by atoms with Crippen LogP contribution in [0.1, 0.15) is 22.3 Å². The molecule has 48 heavy (non-hydrogen) atoms. The van der Waals surface area contributed by atoms with Gasteiger partial charge in [0.15, 0.2) is 21.4 Å². The van der Waals surface area contributed by atoms with Gasteiger partial charge >= 0.3 is 0 Å². The van der Waals surface area contributed by atoms with E-state index in [2.05, 4.69) is 9.80 Å². The molecule has 0 spiro atoms. The van der Waals surface area contributed by atoms with Gasteiger partial charge in [-0.1, -0.05) is 145 Å². The van der Waals surface area contributed by atoms with Gasteiger partial charge in [0, 0.05) is 26.2 Å². The van der Waals surface area contributed by atoms with E-state index < -0.39 is 11.1 Å². The number of nitrogens with zero attached hydrogens (tertiary/aromatic N) is 6. The van der Waals surface area contributed by atoms with Crippen LogP contribution in [-0.4, -0.2) is 93.8 Å². The van der Waals surface area contributed by atoms with Gasteiger partial charge in [-0.2, -0.15) is 0 Å². The third kappa shape index (κ3) is 5.56. The number of carbonyl (C=O) groups excluding carboxylic acids is 2. The zero-order valence-electron chi connectivity index (χ0n) is 27.1. The van der Waals surface area contributed by atoms with Gasteiger partial charge in [0.25, 0.3) is 11.8 Å². The number of amides is 2. The maximum atomic E-state index is 14.5. The molecule has 0 aliphatic carbocycles. The number of hydrogen-bond donors (Lipinski definition) is 0. The summed E-state index contributed by atoms with van der Waals surface area (Å²) in [6, 6.07) is 39.5. The van der Waals surface area contributed by atoms with Crippen LogP contribution in [0.15, 0.2) is 131 Å². The van der Waals surface area contributed by atoms with E-state index in [-0.39, 0.29) is 11.8 Å². The summed E-state index contributed by atoms with van der Waals surface area (Å²) in [5.74, 6) is -0.0679. The van der Waals surface area contributed by atoms with E-state index in [0.29, 0.717) is 13.3 Å². The second-order valence-corrected chi connectivity index (χ2v) is 13.6. The molecular weight excluding hydrogens is 637 g/mol. The summed E-state index contributed by atoms with van der Waals surface area (Å²) in [5.41, 5.74) is 1.23. The van der Waals surface area contributed by atoms with Crippen molar-refractivity contribution in [2.24, 2.45) is 9.98 Å². The topological polar surface area (TPSA) is 71.8 Å². The Morgan fingerprint density at radius 1 is 0.500 bits per heavy atom. The Kier molecular flexibility index (Phi) is 9.24. The van der Waals surface area contributed by atoms with Gasteiger partial charge in [0.2, 0.25) is 0 Å². The summed E-state index contributed by atoms with van der Waals surface area (Å²) in [4.78, 5) is 47.5. The second kappa shape index (κ2) is 13.7. The van der Waals surface area contributed by atoms with Crippen molar-refractivity contribution in [1.82, 2.24) is 19.6 Å². The highest BCUT2D eigenvalue weighted by Crippen LogP contribution is 2.43. The molecule has 10 heteroatoms. The monoisotopic (exact) mass is 674 g/mol. The Hall–Kier alpha value is -4.22. The van der Waals surface area contributed by atoms with Crippen LogP contribution in [-0.2, 0) is 20.7 Å². The van der Waals surface area contributed by atoms with Gasteiger partial charge in [-0.25, -0.2) is 9.98 Å². The number of hydrogen-bond acceptors (Lipinski definition) is 8. The van der Waals surface area contributed by atoms with Crippen LogP contribution in [0.2, 0.25) is 0 Å². The zero-order chi connectivity index (χ0) is 33.1. The SMILES string of the molecule is CSC1=NC(c2ccccc2)(c2ccccc2)C(=O)N1CN1CCN(CN2C(=O)C(c3ccccc3)(c3ccccc3)N=C2SC)CC1. The highest BCUT2D eigenvalue weighted by Gasteiger charge is 2.52. The molecule has 0 atom stereocenters. The number of carbonyl (C=O) groups is 2. The van der Waals surface area contributed by atoms with E-state index in [0.717, 1.165) is 58.8 Å². The van der Waals surface area contributed by atoms with Gasteiger partial charge in [-0.05, 0) is 34.8 Å². The molecule has 1 saturated heterocycles. The fourth-order valence-electron chi connectivity index (χ4n) is 6.90. The molecule has 7 rings (SSSR count). The van der Waals surface area contributed by atoms with E-state index in [1.807, 2.05) is 144 Å². The Labute approximate surface area is 290 Å². The summed E-state index contributed by atoms with van der Waals surface area (Å²) < 4.78 is 0. The maximum Gasteiger partial charge on any atom is 0.266 e. The highest BCUT2D eigenvalue weighted by atomic mass is 32.2. The quantitative estimate of drug-likeness (QED) is 0.245. The molecule has 3 heterocycles. The molecule has 1 fully saturated rings. The number of benzene rings is 4. The molecule has 0 radical (unpaired) electrons. The highest BCUT2D eigenvalue weighted by molar-refractivity contribution is 8.13. The Morgan fingerprint density at radius 3 is 1.02 bits per heavy atom. The molecule has 4 aromatic rings. The summed E-state index contributed by atoms with van der Waals surface area (Å²) in [6.07, 6.45) is 3.96. The maximum absolute atomic E-state index is 14.5. The van der Waals surface area contributed by atoms with Gasteiger partial charge in [0.05, 0.1) is 13.3 Å². The van der Waals surface area contributed by atoms with Crippen molar-refractivity contribution in [3.63, 3.8) is 0 Å². The van der Waals surface area contributed by atoms with Crippen molar-refractivity contribution in [3.05, 3.63) is 144 Å². The summed E-state index contributed by atoms with van der Waals surface area (Å²) in [5, 5.41) is 1.44. The second-order valence-electron chi connectivity index (χ2n) is 12.1. The number of piperazine rings is 1. The smallest absolute Gasteiger partial charge is 0.266 e. The largest absolute Gasteiger partial charge is 0.283 e. The van der Waals surface area contributed by atoms with Crippen molar-refractivity contribution < 1.29 is 9.59 Å². The van der Waals surface area contributed by atoms with E-state index in [9.17, 15) is 9.59 Å². The Bertz CT molecular complexity index is 1600. The van der Waals surface area contributed by atoms with Gasteiger partial charge in [0.1, 0.15) is 0 Å². The van der Waals surface area contributed by atoms with E-state index in [1.54, 1.807) is 0 Å². The summed E-state index contributed by atoms with van der Waals surface area (Å²) in [6.45, 7) is 3.94. The normalized spacial score (nSPS) is 19.5. The molecule has 0 bridgehead atoms. The third-order valence-electron chi connectivity index (χ3n) is 9.38. The summed E-state index contributed by atoms with van der Waals surface area (Å²) >= 11 is 3.01. The zero-order valence-corrected chi connectivity index (χ0v) is 28.7. The summed E-state index contributed by atoms with van der Waals surface area (Å²) in [7, 11) is 0. The first-order chi connectivity index (χ1) is 23.5. The predicted octanol–water partition coefficient (Wildman–Crippen LogP) is 5.53. The first-order valence-electron chi connectivity index (χ1n) is 16.1. The molecule has 0 saturated carbocycles. The lowest BCUT2D eigenvalue weighted by molar-refractivity contribution is -0.133. The van der Waals surface area contributed by atoms with Crippen LogP contribution in [0.3, 0.4) is 0 Å². The lowest BCUT2D eigenvalue weighted by Gasteiger charge is -2.38. The predicted molar refractivity (Wildman–Crippen MR) is 196 cm³/mol. The molecule has 244 valence electrons. The average molecular weight is 675 g/mol. The van der Waals surface area contributed by atoms with Crippen LogP contribution >= 0.6 is 23.5 Å². The van der Waals surface area contributed by atoms with Crippen molar-refractivity contribution >= 4 is 45.7 Å². The fourth-order valence-corrected chi connectivity index (χ4v) is 8.08. The van der Waals surface area contributed by atoms with Gasteiger partial charge in [-0.15, -0.1) is 0 Å². The van der Waals surface area contributed by atoms with Gasteiger partial charge in [-0.3, -0.25) is 29.2 Å². The number of rotatable bonds is 8. The molecule has 3 aliphatic rings. The average Bonchev–Trinajstić information content (AvgIpc) is 3.61. The van der Waals surface area contributed by atoms with Crippen LogP contribution in [0, 0.1) is 0 Å². The third-order valence-corrected chi connectivity index (χ3v) is 10.7. The standard InChI is InChI=1S/C38H38N6O2S2/c1-47-35-39-37(29-15-7-3-8-16-29,30-17-9-4-10-18-30)33(45)43(35)27-41-23-25-42(26-24-41)28-44-34(46)38(40-36(44)48-2,31-19-11-5-12-20-31)32-21-13-6-14-22-32/h3-22H,23-28H2,1-2H3. The van der Waals surface area contributed by atoms with E-state index in [4.69, 9.17) is 9.98 Å². The lowest BCUT2D eigenvalue weighted by atomic mass is 9.83. The van der Waals surface area contributed by atoms with Crippen molar-refractivity contribution in [2.75, 3.05) is 52.0 Å². The molecule has 4 aromatic carbocycles. The van der Waals surface area contributed by atoms with E-state index >= 15 is 0 Å². The molecule has 0 unspecified atom stereocenters. The first-order valence-corrected chi connectivity index (χ1v) is 18.5. The number of amidine groups is 2. The minimum atomic E-state index is -1.11. The Balaban J connectivity index is 1.07. The van der Waals surface area contributed by atoms with Crippen LogP contribution in [0.25, 0.3) is 0 Å². The molecule has 0 aromatic heterocycles. The van der Waals surface area contributed by atoms with Crippen LogP contribution < -0.4 is 0 Å². The minimum absolute atomic E-state index is 0.0340. The Morgan fingerprint density at radius 2 is 0.771 bits per heavy atom. The number of aliphatic imine (C=N–C) groups is 2. The van der Waals surface area contributed by atoms with Crippen LogP contribution in [0.4, 0.5) is 0 Å². The molecule has 0 N–H and O–H groups in total. The molecule has 2 amide bonds. The molecule has 8 nitrogen and oxygen atoms in total. The minimum Gasteiger partial charge on any atom is -0.283 e. The van der Waals surface area contributed by atoms with Gasteiger partial charge < -0.3 is 0 Å². The van der Waals surface area contributed by atoms with Crippen molar-refractivity contribution in [3.8, 4) is 0 Å². The van der Waals surface area contributed by atoms with Crippen molar-refractivity contribution in [1.29, 1.82) is 0 Å². The van der Waals surface area contributed by atoms with Crippen LogP contribution in [0.5, 0.6) is 0 Å². The van der Waals surface area contributed by atoms with E-state index in [1.165, 1.54) is 23.5 Å². The van der Waals surface area contributed by atoms with Crippen molar-refractivity contribution in [2.45, 2.75) is 11.1 Å².